The first-order valence-electron chi connectivity index (χ1n) is 6.90. The van der Waals surface area contributed by atoms with Gasteiger partial charge in [0.2, 0.25) is 0 Å². The fourth-order valence-corrected chi connectivity index (χ4v) is 2.16. The van der Waals surface area contributed by atoms with Crippen molar-refractivity contribution < 1.29 is 9.18 Å². The van der Waals surface area contributed by atoms with Crippen LogP contribution in [0.1, 0.15) is 36.5 Å². The van der Waals surface area contributed by atoms with Gasteiger partial charge in [-0.1, -0.05) is 56.3 Å². The Morgan fingerprint density at radius 1 is 1.00 bits per heavy atom. The second-order valence-electron chi connectivity index (χ2n) is 5.38. The summed E-state index contributed by atoms with van der Waals surface area (Å²) in [7, 11) is 0. The van der Waals surface area contributed by atoms with Gasteiger partial charge < -0.3 is 0 Å². The maximum absolute atomic E-state index is 13.5. The lowest BCUT2D eigenvalue weighted by Crippen LogP contribution is -2.08. The second-order valence-corrected chi connectivity index (χ2v) is 5.38. The number of benzene rings is 2. The van der Waals surface area contributed by atoms with Crippen molar-refractivity contribution in [2.45, 2.75) is 32.6 Å². The molecule has 2 heteroatoms. The van der Waals surface area contributed by atoms with Gasteiger partial charge in [0.15, 0.2) is 0 Å². The van der Waals surface area contributed by atoms with Crippen LogP contribution < -0.4 is 0 Å². The lowest BCUT2D eigenvalue weighted by atomic mass is 9.98. The molecule has 0 radical (unpaired) electrons. The highest BCUT2D eigenvalue weighted by Gasteiger charge is 2.09. The van der Waals surface area contributed by atoms with Crippen LogP contribution in [-0.4, -0.2) is 5.78 Å². The smallest absolute Gasteiger partial charge is 0.141 e. The Labute approximate surface area is 119 Å². The molecule has 0 aromatic heterocycles. The Hall–Kier alpha value is -1.96. The van der Waals surface area contributed by atoms with E-state index in [1.54, 1.807) is 18.2 Å². The maximum atomic E-state index is 13.5. The first-order valence-corrected chi connectivity index (χ1v) is 6.90. The summed E-state index contributed by atoms with van der Waals surface area (Å²) in [6.07, 6.45) is 0.505. The zero-order valence-electron chi connectivity index (χ0n) is 11.9. The predicted octanol–water partition coefficient (Wildman–Crippen LogP) is 4.30. The normalized spacial score (nSPS) is 10.8. The van der Waals surface area contributed by atoms with Gasteiger partial charge in [-0.2, -0.15) is 0 Å². The van der Waals surface area contributed by atoms with Gasteiger partial charge in [-0.05, 0) is 28.7 Å². The van der Waals surface area contributed by atoms with E-state index in [9.17, 15) is 9.18 Å². The topological polar surface area (TPSA) is 17.1 Å². The minimum Gasteiger partial charge on any atom is -0.299 e. The molecule has 0 bridgehead atoms. The van der Waals surface area contributed by atoms with Crippen LogP contribution in [0.15, 0.2) is 48.5 Å². The lowest BCUT2D eigenvalue weighted by Gasteiger charge is -2.07. The third-order valence-corrected chi connectivity index (χ3v) is 3.39. The van der Waals surface area contributed by atoms with E-state index < -0.39 is 0 Å². The molecule has 0 heterocycles. The zero-order valence-corrected chi connectivity index (χ0v) is 11.9. The highest BCUT2D eigenvalue weighted by molar-refractivity contribution is 5.83. The number of carbonyl (C=O) groups excluding carboxylic acids is 1. The van der Waals surface area contributed by atoms with Crippen LogP contribution in [-0.2, 0) is 17.6 Å². The van der Waals surface area contributed by atoms with E-state index in [2.05, 4.69) is 26.0 Å². The van der Waals surface area contributed by atoms with E-state index in [4.69, 9.17) is 0 Å². The molecule has 2 aromatic rings. The Kier molecular flexibility index (Phi) is 4.67. The van der Waals surface area contributed by atoms with Gasteiger partial charge in [-0.15, -0.1) is 0 Å². The van der Waals surface area contributed by atoms with Gasteiger partial charge in [0, 0.05) is 12.8 Å². The number of hydrogen-bond acceptors (Lipinski definition) is 1. The first-order chi connectivity index (χ1) is 9.56. The van der Waals surface area contributed by atoms with E-state index in [1.165, 1.54) is 11.6 Å². The fraction of sp³-hybridized carbons (Fsp3) is 0.278. The SMILES string of the molecule is CC(C)c1ccc(CC(=O)Cc2ccccc2F)cc1. The second kappa shape index (κ2) is 6.47. The average molecular weight is 270 g/mol. The molecule has 0 spiro atoms. The molecule has 0 saturated carbocycles. The molecule has 1 nitrogen and oxygen atoms in total. The Morgan fingerprint density at radius 2 is 1.65 bits per heavy atom. The van der Waals surface area contributed by atoms with Crippen LogP contribution in [0.4, 0.5) is 4.39 Å². The largest absolute Gasteiger partial charge is 0.299 e. The summed E-state index contributed by atoms with van der Waals surface area (Å²) >= 11 is 0. The Balaban J connectivity index is 1.99. The molecule has 0 atom stereocenters. The number of rotatable bonds is 5. The molecule has 0 aliphatic rings. The zero-order chi connectivity index (χ0) is 14.5. The summed E-state index contributed by atoms with van der Waals surface area (Å²) in [6.45, 7) is 4.27. The van der Waals surface area contributed by atoms with Crippen LogP contribution in [0.2, 0.25) is 0 Å². The van der Waals surface area contributed by atoms with E-state index in [-0.39, 0.29) is 18.0 Å². The van der Waals surface area contributed by atoms with Crippen molar-refractivity contribution in [3.05, 3.63) is 71.0 Å². The minimum absolute atomic E-state index is 0.0346. The molecule has 2 aromatic carbocycles. The standard InChI is InChI=1S/C18H19FO/c1-13(2)15-9-7-14(8-10-15)11-17(20)12-16-5-3-4-6-18(16)19/h3-10,13H,11-12H2,1-2H3. The van der Waals surface area contributed by atoms with Gasteiger partial charge in [0.25, 0.3) is 0 Å². The molecule has 2 rings (SSSR count). The number of hydrogen-bond donors (Lipinski definition) is 0. The monoisotopic (exact) mass is 270 g/mol. The minimum atomic E-state index is -0.309. The molecule has 0 unspecified atom stereocenters. The van der Waals surface area contributed by atoms with Crippen LogP contribution in [0, 0.1) is 5.82 Å². The summed E-state index contributed by atoms with van der Waals surface area (Å²) in [5, 5.41) is 0. The number of carbonyl (C=O) groups is 1. The van der Waals surface area contributed by atoms with Crippen LogP contribution in [0.5, 0.6) is 0 Å². The average Bonchev–Trinajstić information content (AvgIpc) is 2.42. The summed E-state index contributed by atoms with van der Waals surface area (Å²) in [6, 6.07) is 14.5. The number of ketones is 1. The van der Waals surface area contributed by atoms with Crippen molar-refractivity contribution in [3.8, 4) is 0 Å². The lowest BCUT2D eigenvalue weighted by molar-refractivity contribution is -0.117. The fourth-order valence-electron chi connectivity index (χ4n) is 2.16. The van der Waals surface area contributed by atoms with Gasteiger partial charge >= 0.3 is 0 Å². The summed E-state index contributed by atoms with van der Waals surface area (Å²) < 4.78 is 13.5. The maximum Gasteiger partial charge on any atom is 0.141 e. The van der Waals surface area contributed by atoms with Gasteiger partial charge in [0.05, 0.1) is 0 Å². The van der Waals surface area contributed by atoms with Crippen molar-refractivity contribution in [1.82, 2.24) is 0 Å². The Morgan fingerprint density at radius 3 is 2.25 bits per heavy atom. The third-order valence-electron chi connectivity index (χ3n) is 3.39. The number of Topliss-reactive ketones (excluding diaryl/α,β-unsaturated/α-hetero) is 1. The summed E-state index contributed by atoms with van der Waals surface area (Å²) in [5.41, 5.74) is 2.71. The number of halogens is 1. The quantitative estimate of drug-likeness (QED) is 0.791. The van der Waals surface area contributed by atoms with Crippen molar-refractivity contribution in [2.24, 2.45) is 0 Å². The summed E-state index contributed by atoms with van der Waals surface area (Å²) in [4.78, 5) is 12.0. The van der Waals surface area contributed by atoms with Crippen molar-refractivity contribution >= 4 is 5.78 Å². The molecule has 0 saturated heterocycles. The molecular weight excluding hydrogens is 251 g/mol. The van der Waals surface area contributed by atoms with Gasteiger partial charge in [-0.25, -0.2) is 4.39 Å². The van der Waals surface area contributed by atoms with Crippen molar-refractivity contribution in [1.29, 1.82) is 0 Å². The van der Waals surface area contributed by atoms with Crippen molar-refractivity contribution in [3.63, 3.8) is 0 Å². The molecule has 104 valence electrons. The van der Waals surface area contributed by atoms with Crippen molar-refractivity contribution in [2.75, 3.05) is 0 Å². The molecule has 0 N–H and O–H groups in total. The molecule has 0 aliphatic carbocycles. The van der Waals surface area contributed by atoms with Gasteiger partial charge in [0.1, 0.15) is 11.6 Å². The van der Waals surface area contributed by atoms with E-state index >= 15 is 0 Å². The van der Waals surface area contributed by atoms with E-state index in [0.29, 0.717) is 17.9 Å². The van der Waals surface area contributed by atoms with E-state index in [0.717, 1.165) is 5.56 Å². The first kappa shape index (κ1) is 14.4. The molecule has 0 aliphatic heterocycles. The van der Waals surface area contributed by atoms with E-state index in [1.807, 2.05) is 12.1 Å². The van der Waals surface area contributed by atoms with Crippen LogP contribution >= 0.6 is 0 Å². The van der Waals surface area contributed by atoms with Gasteiger partial charge in [-0.3, -0.25) is 4.79 Å². The van der Waals surface area contributed by atoms with Crippen LogP contribution in [0.25, 0.3) is 0 Å². The van der Waals surface area contributed by atoms with Crippen LogP contribution in [0.3, 0.4) is 0 Å². The third kappa shape index (κ3) is 3.77. The molecular formula is C18H19FO. The predicted molar refractivity (Wildman–Crippen MR) is 79.3 cm³/mol. The molecule has 0 amide bonds. The molecule has 20 heavy (non-hydrogen) atoms. The Bertz CT molecular complexity index is 585. The molecule has 0 fully saturated rings. The highest BCUT2D eigenvalue weighted by atomic mass is 19.1. The summed E-state index contributed by atoms with van der Waals surface area (Å²) in [5.74, 6) is 0.210. The highest BCUT2D eigenvalue weighted by Crippen LogP contribution is 2.16.